The highest BCUT2D eigenvalue weighted by Gasteiger charge is 2.16. The first-order chi connectivity index (χ1) is 9.33. The first kappa shape index (κ1) is 12.7. The van der Waals surface area contributed by atoms with E-state index in [0.717, 1.165) is 29.0 Å². The molecule has 1 saturated heterocycles. The third kappa shape index (κ3) is 3.01. The van der Waals surface area contributed by atoms with E-state index in [1.54, 1.807) is 4.80 Å². The van der Waals surface area contributed by atoms with Crippen molar-refractivity contribution < 1.29 is 0 Å². The molecule has 1 unspecified atom stereocenters. The van der Waals surface area contributed by atoms with E-state index in [9.17, 15) is 0 Å². The maximum absolute atomic E-state index is 4.46. The van der Waals surface area contributed by atoms with Gasteiger partial charge in [-0.2, -0.15) is 0 Å². The van der Waals surface area contributed by atoms with Crippen LogP contribution < -0.4 is 5.32 Å². The van der Waals surface area contributed by atoms with Gasteiger partial charge in [-0.05, 0) is 52.7 Å². The van der Waals surface area contributed by atoms with Crippen molar-refractivity contribution in [3.05, 3.63) is 34.6 Å². The molecule has 0 saturated carbocycles. The average molecular weight is 322 g/mol. The molecule has 3 rings (SSSR count). The topological polar surface area (TPSA) is 55.6 Å². The van der Waals surface area contributed by atoms with Crippen molar-refractivity contribution in [2.24, 2.45) is 0 Å². The molecule has 0 spiro atoms. The molecule has 0 bridgehead atoms. The Labute approximate surface area is 120 Å². The van der Waals surface area contributed by atoms with E-state index in [2.05, 4.69) is 36.7 Å². The maximum atomic E-state index is 4.46. The monoisotopic (exact) mass is 321 g/mol. The lowest BCUT2D eigenvalue weighted by atomic mass is 10.0. The Hall–Kier alpha value is -1.27. The predicted octanol–water partition coefficient (Wildman–Crippen LogP) is 2.11. The fourth-order valence-corrected chi connectivity index (χ4v) is 2.80. The number of para-hydroxylation sites is 1. The summed E-state index contributed by atoms with van der Waals surface area (Å²) in [6, 6.07) is 8.36. The lowest BCUT2D eigenvalue weighted by Crippen LogP contribution is -2.35. The van der Waals surface area contributed by atoms with Crippen molar-refractivity contribution in [2.75, 3.05) is 6.54 Å². The van der Waals surface area contributed by atoms with Gasteiger partial charge in [-0.3, -0.25) is 0 Å². The molecule has 0 radical (unpaired) electrons. The van der Waals surface area contributed by atoms with Gasteiger partial charge in [0.05, 0.1) is 0 Å². The minimum atomic E-state index is 0.491. The summed E-state index contributed by atoms with van der Waals surface area (Å²) in [7, 11) is 0. The molecule has 1 fully saturated rings. The Morgan fingerprint density at radius 1 is 1.32 bits per heavy atom. The number of tetrazole rings is 1. The van der Waals surface area contributed by atoms with E-state index in [-0.39, 0.29) is 0 Å². The van der Waals surface area contributed by atoms with Crippen LogP contribution in [-0.4, -0.2) is 32.8 Å². The van der Waals surface area contributed by atoms with Gasteiger partial charge >= 0.3 is 0 Å². The number of nitrogens with zero attached hydrogens (tertiary/aromatic N) is 4. The van der Waals surface area contributed by atoms with Crippen LogP contribution in [0, 0.1) is 0 Å². The number of piperidine rings is 1. The van der Waals surface area contributed by atoms with Gasteiger partial charge in [0.25, 0.3) is 0 Å². The number of nitrogens with one attached hydrogen (secondary N) is 1. The number of hydrogen-bond acceptors (Lipinski definition) is 4. The second kappa shape index (κ2) is 5.79. The van der Waals surface area contributed by atoms with Gasteiger partial charge in [-0.1, -0.05) is 18.6 Å². The van der Waals surface area contributed by atoms with Crippen molar-refractivity contribution in [1.82, 2.24) is 25.5 Å². The van der Waals surface area contributed by atoms with Crippen molar-refractivity contribution in [3.8, 4) is 5.69 Å². The van der Waals surface area contributed by atoms with E-state index in [0.29, 0.717) is 6.04 Å². The van der Waals surface area contributed by atoms with Crippen molar-refractivity contribution >= 4 is 15.9 Å². The highest BCUT2D eigenvalue weighted by atomic mass is 79.9. The molecule has 5 nitrogen and oxygen atoms in total. The molecule has 19 heavy (non-hydrogen) atoms. The normalized spacial score (nSPS) is 19.5. The molecule has 1 N–H and O–H groups in total. The lowest BCUT2D eigenvalue weighted by Gasteiger charge is -2.21. The van der Waals surface area contributed by atoms with Gasteiger partial charge in [0, 0.05) is 16.9 Å². The fraction of sp³-hybridized carbons (Fsp3) is 0.462. The summed E-state index contributed by atoms with van der Waals surface area (Å²) >= 11 is 3.50. The molecule has 0 aliphatic carbocycles. The first-order valence-electron chi connectivity index (χ1n) is 6.60. The second-order valence-electron chi connectivity index (χ2n) is 4.80. The Bertz CT molecular complexity index is 547. The smallest absolute Gasteiger partial charge is 0.176 e. The predicted molar refractivity (Wildman–Crippen MR) is 76.2 cm³/mol. The highest BCUT2D eigenvalue weighted by Crippen LogP contribution is 2.18. The van der Waals surface area contributed by atoms with Crippen LogP contribution in [0.5, 0.6) is 0 Å². The van der Waals surface area contributed by atoms with Crippen LogP contribution in [-0.2, 0) is 6.42 Å². The van der Waals surface area contributed by atoms with Gasteiger partial charge in [0.1, 0.15) is 5.69 Å². The zero-order chi connectivity index (χ0) is 13.1. The van der Waals surface area contributed by atoms with Crippen LogP contribution in [0.1, 0.15) is 25.1 Å². The molecule has 1 aliphatic heterocycles. The number of aromatic nitrogens is 4. The second-order valence-corrected chi connectivity index (χ2v) is 5.65. The average Bonchev–Trinajstić information content (AvgIpc) is 2.89. The minimum absolute atomic E-state index is 0.491. The largest absolute Gasteiger partial charge is 0.314 e. The summed E-state index contributed by atoms with van der Waals surface area (Å²) in [4.78, 5) is 1.59. The maximum Gasteiger partial charge on any atom is 0.176 e. The fourth-order valence-electron chi connectivity index (χ4n) is 2.36. The summed E-state index contributed by atoms with van der Waals surface area (Å²) in [6.45, 7) is 1.10. The molecule has 2 aromatic rings. The molecule has 6 heteroatoms. The van der Waals surface area contributed by atoms with E-state index in [4.69, 9.17) is 0 Å². The quantitative estimate of drug-likeness (QED) is 0.940. The van der Waals surface area contributed by atoms with E-state index >= 15 is 0 Å². The zero-order valence-corrected chi connectivity index (χ0v) is 12.2. The van der Waals surface area contributed by atoms with Crippen LogP contribution >= 0.6 is 15.9 Å². The van der Waals surface area contributed by atoms with Crippen LogP contribution in [0.15, 0.2) is 28.7 Å². The first-order valence-corrected chi connectivity index (χ1v) is 7.39. The van der Waals surface area contributed by atoms with E-state index < -0.39 is 0 Å². The van der Waals surface area contributed by atoms with Crippen LogP contribution in [0.3, 0.4) is 0 Å². The number of hydrogen-bond donors (Lipinski definition) is 1. The number of benzene rings is 1. The minimum Gasteiger partial charge on any atom is -0.314 e. The van der Waals surface area contributed by atoms with E-state index in [1.807, 2.05) is 24.3 Å². The van der Waals surface area contributed by atoms with Crippen molar-refractivity contribution in [1.29, 1.82) is 0 Å². The summed E-state index contributed by atoms with van der Waals surface area (Å²) in [6.07, 6.45) is 4.61. The Kier molecular flexibility index (Phi) is 3.89. The molecule has 0 amide bonds. The van der Waals surface area contributed by atoms with Gasteiger partial charge < -0.3 is 5.32 Å². The van der Waals surface area contributed by atoms with Gasteiger partial charge in [0.15, 0.2) is 5.82 Å². The van der Waals surface area contributed by atoms with Crippen molar-refractivity contribution in [3.63, 3.8) is 0 Å². The molecule has 1 aliphatic rings. The summed E-state index contributed by atoms with van der Waals surface area (Å²) in [5, 5.41) is 16.2. The third-order valence-corrected chi connectivity index (χ3v) is 4.03. The third-order valence-electron chi connectivity index (χ3n) is 3.36. The Morgan fingerprint density at radius 3 is 3.00 bits per heavy atom. The molecule has 100 valence electrons. The summed E-state index contributed by atoms with van der Waals surface area (Å²) < 4.78 is 0.967. The van der Waals surface area contributed by atoms with Gasteiger partial charge in [0.2, 0.25) is 0 Å². The number of halogens is 1. The SMILES string of the molecule is Brc1ccccc1-n1nnc(CC2CCCCN2)n1. The molecule has 1 atom stereocenters. The molecular formula is C13H16BrN5. The van der Waals surface area contributed by atoms with Crippen molar-refractivity contribution in [2.45, 2.75) is 31.7 Å². The number of rotatable bonds is 3. The summed E-state index contributed by atoms with van der Waals surface area (Å²) in [5.74, 6) is 0.801. The molecule has 1 aromatic heterocycles. The van der Waals surface area contributed by atoms with Gasteiger partial charge in [-0.15, -0.1) is 15.0 Å². The highest BCUT2D eigenvalue weighted by molar-refractivity contribution is 9.10. The van der Waals surface area contributed by atoms with Crippen LogP contribution in [0.25, 0.3) is 5.69 Å². The van der Waals surface area contributed by atoms with Gasteiger partial charge in [-0.25, -0.2) is 0 Å². The van der Waals surface area contributed by atoms with Crippen LogP contribution in [0.4, 0.5) is 0 Å². The van der Waals surface area contributed by atoms with Crippen LogP contribution in [0.2, 0.25) is 0 Å². The van der Waals surface area contributed by atoms with E-state index in [1.165, 1.54) is 19.3 Å². The molecule has 1 aromatic carbocycles. The zero-order valence-electron chi connectivity index (χ0n) is 10.6. The standard InChI is InChI=1S/C13H16BrN5/c14-11-6-1-2-7-12(11)19-17-13(16-18-19)9-10-5-3-4-8-15-10/h1-2,6-7,10,15H,3-5,8-9H2. The molecule has 2 heterocycles. The molecular weight excluding hydrogens is 306 g/mol. The summed E-state index contributed by atoms with van der Waals surface area (Å²) in [5.41, 5.74) is 0.915. The Balaban J connectivity index is 1.74. The lowest BCUT2D eigenvalue weighted by molar-refractivity contribution is 0.394. The Morgan fingerprint density at radius 2 is 2.21 bits per heavy atom.